The van der Waals surface area contributed by atoms with E-state index in [1.54, 1.807) is 0 Å². The highest BCUT2D eigenvalue weighted by atomic mass is 32.2. The Labute approximate surface area is 104 Å². The van der Waals surface area contributed by atoms with E-state index in [2.05, 4.69) is 0 Å². The molecule has 0 bridgehead atoms. The standard InChI is InChI=1S/C12H13FO4S/c13-11-4-3-9(7-10(11)12(14)15)18(16,17)6-5-8-1-2-8/h3-4,7-8H,1-2,5-6H2,(H,14,15). The molecule has 0 aromatic heterocycles. The van der Waals surface area contributed by atoms with E-state index < -0.39 is 27.2 Å². The van der Waals surface area contributed by atoms with Crippen LogP contribution in [-0.2, 0) is 9.84 Å². The smallest absolute Gasteiger partial charge is 0.338 e. The molecule has 2 rings (SSSR count). The summed E-state index contributed by atoms with van der Waals surface area (Å²) in [6.07, 6.45) is 2.70. The van der Waals surface area contributed by atoms with Gasteiger partial charge < -0.3 is 5.11 Å². The summed E-state index contributed by atoms with van der Waals surface area (Å²) in [7, 11) is -3.52. The molecule has 4 nitrogen and oxygen atoms in total. The van der Waals surface area contributed by atoms with Crippen molar-refractivity contribution < 1.29 is 22.7 Å². The molecular formula is C12H13FO4S. The van der Waals surface area contributed by atoms with Crippen LogP contribution in [0.4, 0.5) is 4.39 Å². The van der Waals surface area contributed by atoms with Gasteiger partial charge in [0.25, 0.3) is 0 Å². The molecule has 0 spiro atoms. The summed E-state index contributed by atoms with van der Waals surface area (Å²) in [6.45, 7) is 0. The monoisotopic (exact) mass is 272 g/mol. The molecule has 0 aliphatic heterocycles. The molecule has 0 atom stereocenters. The maximum absolute atomic E-state index is 13.2. The summed E-state index contributed by atoms with van der Waals surface area (Å²) >= 11 is 0. The van der Waals surface area contributed by atoms with E-state index in [0.717, 1.165) is 31.0 Å². The fourth-order valence-electron chi connectivity index (χ4n) is 1.71. The van der Waals surface area contributed by atoms with E-state index in [1.165, 1.54) is 0 Å². The molecule has 1 fully saturated rings. The average molecular weight is 272 g/mol. The van der Waals surface area contributed by atoms with Gasteiger partial charge in [0.15, 0.2) is 9.84 Å². The summed E-state index contributed by atoms with van der Waals surface area (Å²) in [5, 5.41) is 8.75. The lowest BCUT2D eigenvalue weighted by atomic mass is 10.2. The molecule has 0 heterocycles. The van der Waals surface area contributed by atoms with Crippen molar-refractivity contribution in [1.29, 1.82) is 0 Å². The lowest BCUT2D eigenvalue weighted by Crippen LogP contribution is -2.10. The van der Waals surface area contributed by atoms with Gasteiger partial charge in [0.2, 0.25) is 0 Å². The van der Waals surface area contributed by atoms with Crippen molar-refractivity contribution in [3.05, 3.63) is 29.6 Å². The average Bonchev–Trinajstić information content (AvgIpc) is 3.10. The molecule has 98 valence electrons. The zero-order valence-corrected chi connectivity index (χ0v) is 10.4. The highest BCUT2D eigenvalue weighted by molar-refractivity contribution is 7.91. The van der Waals surface area contributed by atoms with Gasteiger partial charge in [-0.1, -0.05) is 12.8 Å². The molecule has 0 unspecified atom stereocenters. The van der Waals surface area contributed by atoms with E-state index in [-0.39, 0.29) is 10.6 Å². The van der Waals surface area contributed by atoms with E-state index in [9.17, 15) is 17.6 Å². The Hall–Kier alpha value is -1.43. The van der Waals surface area contributed by atoms with Crippen molar-refractivity contribution in [2.75, 3.05) is 5.75 Å². The van der Waals surface area contributed by atoms with Crippen LogP contribution in [-0.4, -0.2) is 25.2 Å². The Balaban J connectivity index is 2.25. The Morgan fingerprint density at radius 3 is 2.61 bits per heavy atom. The fraction of sp³-hybridized carbons (Fsp3) is 0.417. The number of aromatic carboxylic acids is 1. The van der Waals surface area contributed by atoms with Crippen LogP contribution in [0, 0.1) is 11.7 Å². The largest absolute Gasteiger partial charge is 0.478 e. The number of hydrogen-bond acceptors (Lipinski definition) is 3. The minimum Gasteiger partial charge on any atom is -0.478 e. The second kappa shape index (κ2) is 4.68. The van der Waals surface area contributed by atoms with Gasteiger partial charge in [-0.25, -0.2) is 17.6 Å². The predicted octanol–water partition coefficient (Wildman–Crippen LogP) is 2.10. The second-order valence-electron chi connectivity index (χ2n) is 4.50. The molecule has 18 heavy (non-hydrogen) atoms. The number of carboxylic acid groups (broad SMARTS) is 1. The van der Waals surface area contributed by atoms with Crippen LogP contribution < -0.4 is 0 Å². The summed E-state index contributed by atoms with van der Waals surface area (Å²) < 4.78 is 37.0. The molecule has 1 aromatic rings. The zero-order chi connectivity index (χ0) is 13.3. The normalized spacial score (nSPS) is 15.6. The van der Waals surface area contributed by atoms with Gasteiger partial charge in [-0.15, -0.1) is 0 Å². The molecule has 0 radical (unpaired) electrons. The van der Waals surface area contributed by atoms with Crippen LogP contribution in [0.3, 0.4) is 0 Å². The van der Waals surface area contributed by atoms with Crippen molar-refractivity contribution >= 4 is 15.8 Å². The molecule has 1 N–H and O–H groups in total. The predicted molar refractivity (Wildman–Crippen MR) is 62.8 cm³/mol. The van der Waals surface area contributed by atoms with E-state index in [1.807, 2.05) is 0 Å². The number of rotatable bonds is 5. The lowest BCUT2D eigenvalue weighted by Gasteiger charge is -2.05. The SMILES string of the molecule is O=C(O)c1cc(S(=O)(=O)CCC2CC2)ccc1F. The Kier molecular flexibility index (Phi) is 3.38. The third-order valence-corrected chi connectivity index (χ3v) is 4.76. The highest BCUT2D eigenvalue weighted by Crippen LogP contribution is 2.33. The number of carboxylic acids is 1. The minimum absolute atomic E-state index is 0.0115. The number of carbonyl (C=O) groups is 1. The van der Waals surface area contributed by atoms with Crippen LogP contribution in [0.25, 0.3) is 0 Å². The number of sulfone groups is 1. The number of hydrogen-bond donors (Lipinski definition) is 1. The van der Waals surface area contributed by atoms with Crippen LogP contribution in [0.2, 0.25) is 0 Å². The van der Waals surface area contributed by atoms with Crippen molar-refractivity contribution in [2.45, 2.75) is 24.2 Å². The minimum atomic E-state index is -3.52. The van der Waals surface area contributed by atoms with Crippen molar-refractivity contribution in [3.63, 3.8) is 0 Å². The van der Waals surface area contributed by atoms with Gasteiger partial charge in [-0.05, 0) is 30.5 Å². The zero-order valence-electron chi connectivity index (χ0n) is 9.60. The number of halogens is 1. The van der Waals surface area contributed by atoms with Crippen LogP contribution in [0.5, 0.6) is 0 Å². The van der Waals surface area contributed by atoms with Crippen LogP contribution in [0.15, 0.2) is 23.1 Å². The fourth-order valence-corrected chi connectivity index (χ4v) is 3.16. The first-order chi connectivity index (χ1) is 8.40. The lowest BCUT2D eigenvalue weighted by molar-refractivity contribution is 0.0691. The Morgan fingerprint density at radius 2 is 2.06 bits per heavy atom. The van der Waals surface area contributed by atoms with Crippen LogP contribution in [0.1, 0.15) is 29.6 Å². The van der Waals surface area contributed by atoms with E-state index >= 15 is 0 Å². The molecule has 6 heteroatoms. The molecule has 1 aromatic carbocycles. The first-order valence-corrected chi connectivity index (χ1v) is 7.31. The van der Waals surface area contributed by atoms with Crippen molar-refractivity contribution in [1.82, 2.24) is 0 Å². The van der Waals surface area contributed by atoms with E-state index in [4.69, 9.17) is 5.11 Å². The highest BCUT2D eigenvalue weighted by Gasteiger charge is 2.25. The van der Waals surface area contributed by atoms with Gasteiger partial charge in [0, 0.05) is 0 Å². The second-order valence-corrected chi connectivity index (χ2v) is 6.61. The van der Waals surface area contributed by atoms with Gasteiger partial charge in [-0.3, -0.25) is 0 Å². The van der Waals surface area contributed by atoms with Gasteiger partial charge in [0.1, 0.15) is 5.82 Å². The number of benzene rings is 1. The van der Waals surface area contributed by atoms with Crippen molar-refractivity contribution in [2.24, 2.45) is 5.92 Å². The molecule has 1 aliphatic carbocycles. The quantitative estimate of drug-likeness (QED) is 0.833. The third kappa shape index (κ3) is 2.87. The Morgan fingerprint density at radius 1 is 1.39 bits per heavy atom. The Bertz CT molecular complexity index is 576. The summed E-state index contributed by atoms with van der Waals surface area (Å²) in [4.78, 5) is 10.6. The molecule has 0 saturated heterocycles. The summed E-state index contributed by atoms with van der Waals surface area (Å²) in [6, 6.07) is 2.89. The van der Waals surface area contributed by atoms with Gasteiger partial charge in [-0.2, -0.15) is 0 Å². The summed E-state index contributed by atoms with van der Waals surface area (Å²) in [5.41, 5.74) is -0.609. The van der Waals surface area contributed by atoms with E-state index in [0.29, 0.717) is 12.3 Å². The first kappa shape index (κ1) is 13.0. The van der Waals surface area contributed by atoms with Crippen molar-refractivity contribution in [3.8, 4) is 0 Å². The molecule has 1 saturated carbocycles. The molecule has 0 amide bonds. The maximum Gasteiger partial charge on any atom is 0.338 e. The topological polar surface area (TPSA) is 71.4 Å². The first-order valence-electron chi connectivity index (χ1n) is 5.66. The molecule has 1 aliphatic rings. The van der Waals surface area contributed by atoms with Gasteiger partial charge >= 0.3 is 5.97 Å². The third-order valence-electron chi connectivity index (χ3n) is 3.02. The summed E-state index contributed by atoms with van der Waals surface area (Å²) in [5.74, 6) is -1.93. The maximum atomic E-state index is 13.2. The molecular weight excluding hydrogens is 259 g/mol. The van der Waals surface area contributed by atoms with Crippen LogP contribution >= 0.6 is 0 Å². The van der Waals surface area contributed by atoms with Gasteiger partial charge in [0.05, 0.1) is 16.2 Å².